The van der Waals surface area contributed by atoms with E-state index < -0.39 is 17.6 Å². The van der Waals surface area contributed by atoms with E-state index in [-0.39, 0.29) is 17.9 Å². The molecule has 0 bridgehead atoms. The summed E-state index contributed by atoms with van der Waals surface area (Å²) in [5.41, 5.74) is -0.144. The quantitative estimate of drug-likeness (QED) is 0.590. The van der Waals surface area contributed by atoms with Gasteiger partial charge in [-0.25, -0.2) is 0 Å². The van der Waals surface area contributed by atoms with E-state index in [0.29, 0.717) is 11.5 Å². The van der Waals surface area contributed by atoms with Crippen LogP contribution in [0.1, 0.15) is 21.5 Å². The Balaban J connectivity index is 1.67. The molecule has 0 aliphatic rings. The summed E-state index contributed by atoms with van der Waals surface area (Å²) >= 11 is 0. The molecule has 3 rings (SSSR count). The number of methoxy groups -OCH3 is 1. The molecule has 0 saturated carbocycles. The number of alkyl halides is 3. The molecule has 0 spiro atoms. The Morgan fingerprint density at radius 2 is 1.52 bits per heavy atom. The van der Waals surface area contributed by atoms with E-state index in [0.717, 1.165) is 11.6 Å². The third-order valence-corrected chi connectivity index (χ3v) is 4.16. The second-order valence-electron chi connectivity index (χ2n) is 6.13. The molecule has 0 saturated heterocycles. The average Bonchev–Trinajstić information content (AvgIpc) is 2.72. The Bertz CT molecular complexity index is 985. The van der Waals surface area contributed by atoms with Crippen LogP contribution < -0.4 is 14.8 Å². The number of benzene rings is 3. The Morgan fingerprint density at radius 3 is 2.17 bits per heavy atom. The summed E-state index contributed by atoms with van der Waals surface area (Å²) in [6.07, 6.45) is -4.55. The van der Waals surface area contributed by atoms with Gasteiger partial charge in [0.05, 0.1) is 18.4 Å². The summed E-state index contributed by atoms with van der Waals surface area (Å²) in [7, 11) is 1.55. The van der Waals surface area contributed by atoms with Gasteiger partial charge in [0.1, 0.15) is 6.61 Å². The van der Waals surface area contributed by atoms with Crippen LogP contribution in [-0.4, -0.2) is 13.0 Å². The molecule has 0 heterocycles. The molecule has 1 amide bonds. The van der Waals surface area contributed by atoms with Gasteiger partial charge < -0.3 is 14.8 Å². The number of rotatable bonds is 6. The number of hydrogen-bond acceptors (Lipinski definition) is 3. The number of ether oxygens (including phenoxy) is 2. The number of hydrogen-bond donors (Lipinski definition) is 1. The number of para-hydroxylation sites is 3. The van der Waals surface area contributed by atoms with Gasteiger partial charge in [-0.3, -0.25) is 4.79 Å². The van der Waals surface area contributed by atoms with Crippen molar-refractivity contribution in [3.8, 4) is 11.5 Å². The smallest absolute Gasteiger partial charge is 0.418 e. The largest absolute Gasteiger partial charge is 0.493 e. The van der Waals surface area contributed by atoms with Gasteiger partial charge in [-0.2, -0.15) is 13.2 Å². The lowest BCUT2D eigenvalue weighted by Crippen LogP contribution is -2.16. The second kappa shape index (κ2) is 8.68. The van der Waals surface area contributed by atoms with Gasteiger partial charge in [0.15, 0.2) is 11.5 Å². The van der Waals surface area contributed by atoms with Crippen LogP contribution in [0.15, 0.2) is 72.8 Å². The number of anilines is 1. The zero-order valence-corrected chi connectivity index (χ0v) is 15.5. The maximum atomic E-state index is 13.1. The van der Waals surface area contributed by atoms with Crippen LogP contribution in [0.2, 0.25) is 0 Å². The van der Waals surface area contributed by atoms with Gasteiger partial charge in [0.25, 0.3) is 5.91 Å². The van der Waals surface area contributed by atoms with Gasteiger partial charge in [0, 0.05) is 5.56 Å². The highest BCUT2D eigenvalue weighted by molar-refractivity contribution is 6.04. The summed E-state index contributed by atoms with van der Waals surface area (Å²) in [6.45, 7) is 0.249. The Morgan fingerprint density at radius 1 is 0.897 bits per heavy atom. The normalized spacial score (nSPS) is 11.0. The molecule has 0 unspecified atom stereocenters. The number of nitrogens with one attached hydrogen (secondary N) is 1. The molecule has 150 valence electrons. The zero-order valence-electron chi connectivity index (χ0n) is 15.5. The summed E-state index contributed by atoms with van der Waals surface area (Å²) < 4.78 is 50.1. The van der Waals surface area contributed by atoms with Crippen molar-refractivity contribution in [2.75, 3.05) is 12.4 Å². The fraction of sp³-hybridized carbons (Fsp3) is 0.136. The first kappa shape index (κ1) is 20.3. The van der Waals surface area contributed by atoms with Crippen LogP contribution in [0, 0.1) is 0 Å². The first-order valence-electron chi connectivity index (χ1n) is 8.71. The van der Waals surface area contributed by atoms with Crippen molar-refractivity contribution >= 4 is 11.6 Å². The molecule has 0 aromatic heterocycles. The van der Waals surface area contributed by atoms with E-state index in [1.807, 2.05) is 12.1 Å². The number of halogens is 3. The van der Waals surface area contributed by atoms with Crippen molar-refractivity contribution in [3.63, 3.8) is 0 Å². The van der Waals surface area contributed by atoms with Crippen LogP contribution >= 0.6 is 0 Å². The van der Waals surface area contributed by atoms with Crippen molar-refractivity contribution in [3.05, 3.63) is 89.5 Å². The van der Waals surface area contributed by atoms with Crippen LogP contribution in [0.4, 0.5) is 18.9 Å². The molecule has 4 nitrogen and oxygen atoms in total. The molecule has 0 radical (unpaired) electrons. The fourth-order valence-corrected chi connectivity index (χ4v) is 2.69. The van der Waals surface area contributed by atoms with Gasteiger partial charge in [-0.1, -0.05) is 36.4 Å². The summed E-state index contributed by atoms with van der Waals surface area (Å²) in [5.74, 6) is 0.561. The second-order valence-corrected chi connectivity index (χ2v) is 6.13. The molecule has 0 aliphatic carbocycles. The van der Waals surface area contributed by atoms with Crippen molar-refractivity contribution in [2.24, 2.45) is 0 Å². The highest BCUT2D eigenvalue weighted by Crippen LogP contribution is 2.34. The summed E-state index contributed by atoms with van der Waals surface area (Å²) in [4.78, 5) is 12.3. The Labute approximate surface area is 165 Å². The zero-order chi connectivity index (χ0) is 20.9. The van der Waals surface area contributed by atoms with E-state index >= 15 is 0 Å². The molecule has 3 aromatic carbocycles. The van der Waals surface area contributed by atoms with Gasteiger partial charge in [0.2, 0.25) is 0 Å². The maximum absolute atomic E-state index is 13.1. The van der Waals surface area contributed by atoms with E-state index in [9.17, 15) is 18.0 Å². The van der Waals surface area contributed by atoms with Crippen molar-refractivity contribution in [2.45, 2.75) is 12.8 Å². The third-order valence-electron chi connectivity index (χ3n) is 4.16. The van der Waals surface area contributed by atoms with Gasteiger partial charge >= 0.3 is 6.18 Å². The minimum absolute atomic E-state index is 0.239. The van der Waals surface area contributed by atoms with E-state index in [4.69, 9.17) is 9.47 Å². The minimum Gasteiger partial charge on any atom is -0.493 e. The van der Waals surface area contributed by atoms with Crippen LogP contribution in [0.25, 0.3) is 0 Å². The lowest BCUT2D eigenvalue weighted by molar-refractivity contribution is -0.136. The van der Waals surface area contributed by atoms with Crippen molar-refractivity contribution in [1.82, 2.24) is 0 Å². The van der Waals surface area contributed by atoms with Crippen molar-refractivity contribution in [1.29, 1.82) is 0 Å². The minimum atomic E-state index is -4.55. The Kier molecular flexibility index (Phi) is 6.07. The first-order valence-corrected chi connectivity index (χ1v) is 8.71. The molecule has 0 aliphatic heterocycles. The van der Waals surface area contributed by atoms with Gasteiger partial charge in [-0.05, 0) is 42.0 Å². The summed E-state index contributed by atoms with van der Waals surface area (Å²) in [5, 5.41) is 2.32. The van der Waals surface area contributed by atoms with E-state index in [2.05, 4.69) is 5.32 Å². The number of amides is 1. The van der Waals surface area contributed by atoms with Crippen LogP contribution in [0.3, 0.4) is 0 Å². The third kappa shape index (κ3) is 5.07. The first-order chi connectivity index (χ1) is 13.9. The van der Waals surface area contributed by atoms with Gasteiger partial charge in [-0.15, -0.1) is 0 Å². The molecule has 3 aromatic rings. The van der Waals surface area contributed by atoms with Crippen LogP contribution in [0.5, 0.6) is 11.5 Å². The highest BCUT2D eigenvalue weighted by atomic mass is 19.4. The molecule has 1 N–H and O–H groups in total. The SMILES string of the molecule is COc1ccccc1OCc1ccc(C(=O)Nc2ccccc2C(F)(F)F)cc1. The lowest BCUT2D eigenvalue weighted by Gasteiger charge is -2.14. The Hall–Kier alpha value is -3.48. The molecule has 7 heteroatoms. The summed E-state index contributed by atoms with van der Waals surface area (Å²) in [6, 6.07) is 18.5. The predicted molar refractivity (Wildman–Crippen MR) is 103 cm³/mol. The standard InChI is InChI=1S/C22H18F3NO3/c1-28-19-8-4-5-9-20(19)29-14-15-10-12-16(13-11-15)21(27)26-18-7-3-2-6-17(18)22(23,24)25/h2-13H,14H2,1H3,(H,26,27). The number of carbonyl (C=O) groups is 1. The molecule has 0 fully saturated rings. The van der Waals surface area contributed by atoms with E-state index in [1.54, 1.807) is 31.4 Å². The maximum Gasteiger partial charge on any atom is 0.418 e. The lowest BCUT2D eigenvalue weighted by atomic mass is 10.1. The molecular formula is C22H18F3NO3. The predicted octanol–water partition coefficient (Wildman–Crippen LogP) is 5.55. The highest BCUT2D eigenvalue weighted by Gasteiger charge is 2.33. The molecular weight excluding hydrogens is 383 g/mol. The fourth-order valence-electron chi connectivity index (χ4n) is 2.69. The van der Waals surface area contributed by atoms with Crippen molar-refractivity contribution < 1.29 is 27.4 Å². The topological polar surface area (TPSA) is 47.6 Å². The monoisotopic (exact) mass is 401 g/mol. The number of carbonyl (C=O) groups excluding carboxylic acids is 1. The average molecular weight is 401 g/mol. The molecule has 0 atom stereocenters. The van der Waals surface area contributed by atoms with Crippen LogP contribution in [-0.2, 0) is 12.8 Å². The van der Waals surface area contributed by atoms with E-state index in [1.165, 1.54) is 30.3 Å². The molecule has 29 heavy (non-hydrogen) atoms.